The molecule has 4 aliphatic rings. The van der Waals surface area contributed by atoms with Gasteiger partial charge in [-0.15, -0.1) is 0 Å². The van der Waals surface area contributed by atoms with Crippen molar-refractivity contribution in [3.8, 4) is 6.07 Å². The molecule has 1 aromatic heterocycles. The number of halogens is 1. The highest BCUT2D eigenvalue weighted by molar-refractivity contribution is 8.04. The first-order chi connectivity index (χ1) is 19.3. The zero-order valence-corrected chi connectivity index (χ0v) is 24.0. The molecular weight excluding hydrogens is 553 g/mol. The van der Waals surface area contributed by atoms with Crippen LogP contribution < -0.4 is 15.6 Å². The summed E-state index contributed by atoms with van der Waals surface area (Å²) in [6, 6.07) is 8.45. The molecule has 2 fully saturated rings. The van der Waals surface area contributed by atoms with E-state index in [1.54, 1.807) is 28.8 Å². The van der Waals surface area contributed by atoms with E-state index in [4.69, 9.17) is 4.98 Å². The lowest BCUT2D eigenvalue weighted by Gasteiger charge is -2.40. The van der Waals surface area contributed by atoms with Crippen LogP contribution in [-0.4, -0.2) is 105 Å². The number of nitrogens with one attached hydrogen (secondary N) is 2. The van der Waals surface area contributed by atoms with Crippen LogP contribution in [0, 0.1) is 17.1 Å². The van der Waals surface area contributed by atoms with E-state index in [1.165, 1.54) is 23.9 Å². The lowest BCUT2D eigenvalue weighted by molar-refractivity contribution is -0.142. The van der Waals surface area contributed by atoms with E-state index in [0.717, 1.165) is 54.8 Å². The number of amides is 1. The van der Waals surface area contributed by atoms with Crippen molar-refractivity contribution >= 4 is 40.9 Å². The minimum Gasteiger partial charge on any atom is -0.389 e. The van der Waals surface area contributed by atoms with Crippen LogP contribution in [0.25, 0.3) is 5.70 Å². The molecule has 2 aromatic rings. The Morgan fingerprint density at radius 3 is 2.60 bits per heavy atom. The second-order valence-corrected chi connectivity index (χ2v) is 12.4. The smallest absolute Gasteiger partial charge is 0.236 e. The molecule has 40 heavy (non-hydrogen) atoms. The van der Waals surface area contributed by atoms with E-state index in [9.17, 15) is 19.6 Å². The molecule has 11 nitrogen and oxygen atoms in total. The number of thioether (sulfide) groups is 2. The first-order valence-electron chi connectivity index (χ1n) is 13.4. The highest BCUT2D eigenvalue weighted by Gasteiger charge is 2.38. The summed E-state index contributed by atoms with van der Waals surface area (Å²) in [4.78, 5) is 26.2. The van der Waals surface area contributed by atoms with Gasteiger partial charge in [0.15, 0.2) is 16.5 Å². The maximum absolute atomic E-state index is 13.5. The maximum Gasteiger partial charge on any atom is 0.236 e. The van der Waals surface area contributed by atoms with Gasteiger partial charge in [0.05, 0.1) is 24.0 Å². The van der Waals surface area contributed by atoms with Crippen LogP contribution in [-0.2, 0) is 11.2 Å². The van der Waals surface area contributed by atoms with Gasteiger partial charge in [0.1, 0.15) is 22.3 Å². The number of nitriles is 1. The van der Waals surface area contributed by atoms with Gasteiger partial charge in [0, 0.05) is 46.3 Å². The quantitative estimate of drug-likeness (QED) is 0.437. The number of benzene rings is 1. The number of likely N-dealkylation sites (tertiary alicyclic amines) is 1. The summed E-state index contributed by atoms with van der Waals surface area (Å²) < 4.78 is 15.5. The highest BCUT2D eigenvalue weighted by Crippen LogP contribution is 2.41. The Balaban J connectivity index is 1.10. The minimum atomic E-state index is -0.376. The Bertz CT molecular complexity index is 1350. The number of aromatic nitrogens is 2. The third-order valence-electron chi connectivity index (χ3n) is 7.64. The lowest BCUT2D eigenvalue weighted by atomic mass is 10.1. The number of carbonyl (C=O) groups is 1. The normalized spacial score (nSPS) is 23.4. The Morgan fingerprint density at radius 1 is 1.23 bits per heavy atom. The Hall–Kier alpha value is -2.96. The van der Waals surface area contributed by atoms with Crippen LogP contribution in [0.15, 0.2) is 34.3 Å². The maximum atomic E-state index is 13.5. The predicted molar refractivity (Wildman–Crippen MR) is 153 cm³/mol. The summed E-state index contributed by atoms with van der Waals surface area (Å²) in [6.07, 6.45) is 0.382. The number of allylic oxidation sites excluding steroid dienone is 1. The molecule has 0 bridgehead atoms. The third-order valence-corrected chi connectivity index (χ3v) is 9.94. The molecule has 6 rings (SSSR count). The van der Waals surface area contributed by atoms with Gasteiger partial charge >= 0.3 is 0 Å². The Kier molecular flexibility index (Phi) is 7.58. The van der Waals surface area contributed by atoms with E-state index >= 15 is 0 Å². The molecule has 1 aromatic carbocycles. The van der Waals surface area contributed by atoms with Crippen LogP contribution in [0.3, 0.4) is 0 Å². The fraction of sp³-hybridized carbons (Fsp3) is 0.500. The zero-order valence-electron chi connectivity index (χ0n) is 22.4. The molecule has 2 atom stereocenters. The van der Waals surface area contributed by atoms with Crippen LogP contribution in [0.5, 0.6) is 0 Å². The molecule has 5 heterocycles. The van der Waals surface area contributed by atoms with Gasteiger partial charge < -0.3 is 20.2 Å². The van der Waals surface area contributed by atoms with Crippen LogP contribution in [0.1, 0.15) is 18.2 Å². The number of aliphatic hydroxyl groups is 1. The number of imidazole rings is 1. The van der Waals surface area contributed by atoms with Gasteiger partial charge in [-0.3, -0.25) is 20.0 Å². The van der Waals surface area contributed by atoms with Gasteiger partial charge in [-0.2, -0.15) is 5.26 Å². The van der Waals surface area contributed by atoms with E-state index in [2.05, 4.69) is 38.4 Å². The van der Waals surface area contributed by atoms with Crippen molar-refractivity contribution < 1.29 is 14.3 Å². The number of rotatable bonds is 7. The number of aryl methyl sites for hydroxylation is 1. The molecule has 3 N–H and O–H groups in total. The van der Waals surface area contributed by atoms with Gasteiger partial charge in [0.2, 0.25) is 5.91 Å². The van der Waals surface area contributed by atoms with Crippen molar-refractivity contribution in [1.82, 2.24) is 29.7 Å². The molecule has 2 saturated heterocycles. The number of fused-ring (bicyclic) bond motifs is 1. The number of carbonyl (C=O) groups excluding carboxylic acids is 1. The summed E-state index contributed by atoms with van der Waals surface area (Å²) in [6.45, 7) is 6.62. The van der Waals surface area contributed by atoms with Crippen LogP contribution >= 0.6 is 23.5 Å². The molecule has 212 valence electrons. The second-order valence-electron chi connectivity index (χ2n) is 10.3. The van der Waals surface area contributed by atoms with E-state index in [1.807, 2.05) is 11.7 Å². The number of anilines is 1. The zero-order chi connectivity index (χ0) is 28.0. The lowest BCUT2D eigenvalue weighted by Crippen LogP contribution is -2.58. The number of hydrogen-bond donors (Lipinski definition) is 3. The van der Waals surface area contributed by atoms with Crippen molar-refractivity contribution in [2.45, 2.75) is 35.6 Å². The van der Waals surface area contributed by atoms with Gasteiger partial charge in [0.25, 0.3) is 0 Å². The van der Waals surface area contributed by atoms with E-state index < -0.39 is 0 Å². The minimum absolute atomic E-state index is 0.0238. The fourth-order valence-electron chi connectivity index (χ4n) is 5.32. The molecule has 4 aliphatic heterocycles. The van der Waals surface area contributed by atoms with Crippen LogP contribution in [0.4, 0.5) is 10.2 Å². The summed E-state index contributed by atoms with van der Waals surface area (Å²) in [5.74, 6) is 0.711. The van der Waals surface area contributed by atoms with Gasteiger partial charge in [-0.05, 0) is 48.0 Å². The van der Waals surface area contributed by atoms with Crippen molar-refractivity contribution in [2.75, 3.05) is 63.2 Å². The summed E-state index contributed by atoms with van der Waals surface area (Å²) >= 11 is 3.12. The first kappa shape index (κ1) is 27.2. The van der Waals surface area contributed by atoms with Crippen molar-refractivity contribution in [1.29, 1.82) is 5.26 Å². The second kappa shape index (κ2) is 11.1. The molecule has 2 unspecified atom stereocenters. The number of nitrogens with zero attached hydrogens (tertiary/aromatic N) is 7. The van der Waals surface area contributed by atoms with Crippen molar-refractivity contribution in [3.63, 3.8) is 0 Å². The summed E-state index contributed by atoms with van der Waals surface area (Å²) in [5.41, 5.74) is 5.85. The van der Waals surface area contributed by atoms with Gasteiger partial charge in [-0.1, -0.05) is 18.7 Å². The largest absolute Gasteiger partial charge is 0.389 e. The fourth-order valence-corrected chi connectivity index (χ4v) is 7.45. The Labute approximate surface area is 240 Å². The van der Waals surface area contributed by atoms with E-state index in [-0.39, 0.29) is 28.8 Å². The number of piperazine rings is 1. The first-order valence-corrected chi connectivity index (χ1v) is 15.1. The molecule has 0 spiro atoms. The standard InChI is InChI=1S/C26H32FN9O2S2/c1-3-19-23(32(2)24-30-22(20(12-28)39-24)16-4-6-17(27)7-5-16)36-25(29-19)40-26(31-36)34-10-8-33(9-11-34)15-21(38)35-13-18(37)14-35/h4-7,18,24,26,30-31,37H,3,8-11,13-15H2,1-2H3. The number of β-amino-alcohol motifs (C(OH)–C–C–N with tert-alkyl or cyclic N) is 1. The topological polar surface area (TPSA) is 116 Å². The predicted octanol–water partition coefficient (Wildman–Crippen LogP) is 1.29. The van der Waals surface area contributed by atoms with E-state index in [0.29, 0.717) is 30.2 Å². The molecule has 0 saturated carbocycles. The van der Waals surface area contributed by atoms with Gasteiger partial charge in [-0.25, -0.2) is 14.1 Å². The molecule has 1 amide bonds. The monoisotopic (exact) mass is 585 g/mol. The molecule has 0 radical (unpaired) electrons. The highest BCUT2D eigenvalue weighted by atomic mass is 32.2. The number of hydrogen-bond acceptors (Lipinski definition) is 11. The average Bonchev–Trinajstić information content (AvgIpc) is 3.64. The molecular formula is C26H32FN9O2S2. The number of aliphatic hydroxyl groups excluding tert-OH is 1. The summed E-state index contributed by atoms with van der Waals surface area (Å²) in [7, 11) is 1.99. The van der Waals surface area contributed by atoms with Crippen LogP contribution in [0.2, 0.25) is 0 Å². The third kappa shape index (κ3) is 5.12. The molecule has 0 aliphatic carbocycles. The SMILES string of the molecule is CCc1nc2n(c1N(C)C1NC(c3ccc(F)cc3)=C(C#N)S1)NC(N1CCN(CC(=O)N3CC(O)C3)CC1)S2. The summed E-state index contributed by atoms with van der Waals surface area (Å²) in [5, 5.41) is 23.6. The van der Waals surface area contributed by atoms with Crippen molar-refractivity contribution in [2.24, 2.45) is 0 Å². The van der Waals surface area contributed by atoms with Crippen molar-refractivity contribution in [3.05, 3.63) is 46.2 Å². The average molecular weight is 586 g/mol. The Morgan fingerprint density at radius 2 is 1.95 bits per heavy atom. The molecule has 14 heteroatoms.